The van der Waals surface area contributed by atoms with Crippen LogP contribution in [-0.4, -0.2) is 59.4 Å². The van der Waals surface area contributed by atoms with Gasteiger partial charge < -0.3 is 15.1 Å². The van der Waals surface area contributed by atoms with E-state index in [1.165, 1.54) is 32.1 Å². The Morgan fingerprint density at radius 2 is 1.48 bits per heavy atom. The molecule has 7 aliphatic rings. The molecule has 0 aromatic carbocycles. The molecule has 3 atom stereocenters. The number of nitrogens with one attached hydrogen (secondary N) is 1. The molecular formula is C23H36ClN3O2. The zero-order valence-electron chi connectivity index (χ0n) is 17.5. The summed E-state index contributed by atoms with van der Waals surface area (Å²) in [5, 5.41) is 3.68. The first-order valence-corrected chi connectivity index (χ1v) is 12.0. The van der Waals surface area contributed by atoms with Crippen LogP contribution in [0.4, 0.5) is 0 Å². The molecule has 6 bridgehead atoms. The Kier molecular flexibility index (Phi) is 5.13. The van der Waals surface area contributed by atoms with E-state index < -0.39 is 0 Å². The molecule has 7 rings (SSSR count). The maximum absolute atomic E-state index is 13.8. The number of carbonyl (C=O) groups excluding carboxylic acids is 2. The lowest BCUT2D eigenvalue weighted by molar-refractivity contribution is -0.162. The molecule has 29 heavy (non-hydrogen) atoms. The largest absolute Gasteiger partial charge is 0.339 e. The van der Waals surface area contributed by atoms with E-state index in [2.05, 4.69) is 10.2 Å². The summed E-state index contributed by atoms with van der Waals surface area (Å²) in [6.07, 6.45) is 12.8. The zero-order valence-corrected chi connectivity index (χ0v) is 18.3. The van der Waals surface area contributed by atoms with E-state index in [0.29, 0.717) is 18.0 Å². The van der Waals surface area contributed by atoms with Crippen LogP contribution < -0.4 is 5.32 Å². The number of hydrogen-bond acceptors (Lipinski definition) is 3. The predicted molar refractivity (Wildman–Crippen MR) is 114 cm³/mol. The monoisotopic (exact) mass is 421 g/mol. The van der Waals surface area contributed by atoms with Crippen LogP contribution in [0.15, 0.2) is 0 Å². The molecule has 6 heteroatoms. The third kappa shape index (κ3) is 3.31. The molecule has 0 radical (unpaired) electrons. The minimum atomic E-state index is -0.183. The Bertz CT molecular complexity index is 648. The summed E-state index contributed by atoms with van der Waals surface area (Å²) < 4.78 is 0. The fraction of sp³-hybridized carbons (Fsp3) is 0.913. The van der Waals surface area contributed by atoms with Crippen molar-refractivity contribution in [3.63, 3.8) is 0 Å². The van der Waals surface area contributed by atoms with Gasteiger partial charge in [0.1, 0.15) is 6.04 Å². The zero-order chi connectivity index (χ0) is 18.9. The molecule has 1 N–H and O–H groups in total. The van der Waals surface area contributed by atoms with E-state index in [9.17, 15) is 9.59 Å². The fourth-order valence-corrected chi connectivity index (χ4v) is 8.30. The molecule has 2 amide bonds. The van der Waals surface area contributed by atoms with Crippen LogP contribution >= 0.6 is 12.4 Å². The summed E-state index contributed by atoms with van der Waals surface area (Å²) in [4.78, 5) is 31.4. The molecule has 3 aliphatic heterocycles. The second-order valence-electron chi connectivity index (χ2n) is 11.1. The molecule has 0 spiro atoms. The van der Waals surface area contributed by atoms with E-state index in [0.717, 1.165) is 75.9 Å². The van der Waals surface area contributed by atoms with Crippen molar-refractivity contribution in [3.8, 4) is 0 Å². The lowest BCUT2D eigenvalue weighted by Crippen LogP contribution is -2.58. The van der Waals surface area contributed by atoms with Gasteiger partial charge in [-0.2, -0.15) is 0 Å². The minimum Gasteiger partial charge on any atom is -0.339 e. The summed E-state index contributed by atoms with van der Waals surface area (Å²) in [5.41, 5.74) is -0.114. The number of hydrogen-bond donors (Lipinski definition) is 1. The number of carbonyl (C=O) groups is 2. The van der Waals surface area contributed by atoms with Gasteiger partial charge in [0.25, 0.3) is 0 Å². The Morgan fingerprint density at radius 1 is 0.828 bits per heavy atom. The van der Waals surface area contributed by atoms with Crippen LogP contribution in [0.2, 0.25) is 0 Å². The fourth-order valence-electron chi connectivity index (χ4n) is 8.30. The average molecular weight is 422 g/mol. The highest BCUT2D eigenvalue weighted by Crippen LogP contribution is 2.60. The van der Waals surface area contributed by atoms with Gasteiger partial charge in [0.15, 0.2) is 0 Å². The standard InChI is InChI=1S/C23H35N3O2.ClH/c27-21(25-7-5-18-3-4-19(14-25)24-18)20-2-1-6-26(20)22(28)23-11-15-8-16(12-23)10-17(9-15)13-23;/h15-20,24H,1-14H2;1H. The smallest absolute Gasteiger partial charge is 0.245 e. The lowest BCUT2D eigenvalue weighted by atomic mass is 9.49. The van der Waals surface area contributed by atoms with Crippen molar-refractivity contribution < 1.29 is 9.59 Å². The van der Waals surface area contributed by atoms with Crippen LogP contribution in [-0.2, 0) is 9.59 Å². The maximum atomic E-state index is 13.8. The average Bonchev–Trinajstić information content (AvgIpc) is 3.26. The molecule has 5 nitrogen and oxygen atoms in total. The highest BCUT2D eigenvalue weighted by atomic mass is 35.5. The SMILES string of the molecule is Cl.O=C(C1CCCN1C(=O)C12CC3CC(CC(C3)C1)C2)N1CCC2CCC(C1)N2. The number of fused-ring (bicyclic) bond motifs is 2. The topological polar surface area (TPSA) is 52.7 Å². The second kappa shape index (κ2) is 7.40. The first-order valence-electron chi connectivity index (χ1n) is 12.0. The maximum Gasteiger partial charge on any atom is 0.245 e. The van der Waals surface area contributed by atoms with Gasteiger partial charge in [-0.1, -0.05) is 0 Å². The lowest BCUT2D eigenvalue weighted by Gasteiger charge is -2.56. The van der Waals surface area contributed by atoms with Crippen molar-refractivity contribution in [1.29, 1.82) is 0 Å². The van der Waals surface area contributed by atoms with E-state index in [-0.39, 0.29) is 29.8 Å². The van der Waals surface area contributed by atoms with Gasteiger partial charge in [0.2, 0.25) is 11.8 Å². The molecule has 162 valence electrons. The highest BCUT2D eigenvalue weighted by Gasteiger charge is 2.57. The van der Waals surface area contributed by atoms with Crippen molar-refractivity contribution in [3.05, 3.63) is 0 Å². The van der Waals surface area contributed by atoms with Crippen molar-refractivity contribution in [2.75, 3.05) is 19.6 Å². The first-order chi connectivity index (χ1) is 13.6. The summed E-state index contributed by atoms with van der Waals surface area (Å²) in [6.45, 7) is 2.50. The van der Waals surface area contributed by atoms with Gasteiger partial charge >= 0.3 is 0 Å². The number of nitrogens with zero attached hydrogens (tertiary/aromatic N) is 2. The quantitative estimate of drug-likeness (QED) is 0.745. The van der Waals surface area contributed by atoms with Gasteiger partial charge in [-0.05, 0) is 88.4 Å². The van der Waals surface area contributed by atoms with Gasteiger partial charge in [0.05, 0.1) is 5.41 Å². The van der Waals surface area contributed by atoms with Gasteiger partial charge in [-0.25, -0.2) is 0 Å². The Morgan fingerprint density at radius 3 is 2.17 bits per heavy atom. The molecule has 3 saturated heterocycles. The molecule has 3 unspecified atom stereocenters. The van der Waals surface area contributed by atoms with Crippen LogP contribution in [0, 0.1) is 23.2 Å². The van der Waals surface area contributed by atoms with Crippen molar-refractivity contribution in [2.24, 2.45) is 23.2 Å². The molecule has 3 heterocycles. The van der Waals surface area contributed by atoms with Crippen LogP contribution in [0.1, 0.15) is 70.6 Å². The van der Waals surface area contributed by atoms with Crippen molar-refractivity contribution in [1.82, 2.24) is 15.1 Å². The summed E-state index contributed by atoms with van der Waals surface area (Å²) in [7, 11) is 0. The molecule has 0 aromatic heterocycles. The normalized spacial score (nSPS) is 45.2. The summed E-state index contributed by atoms with van der Waals surface area (Å²) in [5.74, 6) is 2.93. The van der Waals surface area contributed by atoms with Crippen LogP contribution in [0.25, 0.3) is 0 Å². The second-order valence-corrected chi connectivity index (χ2v) is 11.1. The van der Waals surface area contributed by atoms with E-state index >= 15 is 0 Å². The third-order valence-electron chi connectivity index (χ3n) is 9.13. The Hall–Kier alpha value is -0.810. The van der Waals surface area contributed by atoms with E-state index in [1.807, 2.05) is 4.90 Å². The molecule has 4 aliphatic carbocycles. The van der Waals surface area contributed by atoms with Crippen LogP contribution in [0.3, 0.4) is 0 Å². The Labute approximate surface area is 180 Å². The van der Waals surface area contributed by atoms with Crippen molar-refractivity contribution >= 4 is 24.2 Å². The number of likely N-dealkylation sites (tertiary alicyclic amines) is 2. The van der Waals surface area contributed by atoms with Crippen molar-refractivity contribution in [2.45, 2.75) is 88.8 Å². The van der Waals surface area contributed by atoms with Gasteiger partial charge in [-0.15, -0.1) is 12.4 Å². The molecule has 7 fully saturated rings. The summed E-state index contributed by atoms with van der Waals surface area (Å²) in [6, 6.07) is 0.874. The Balaban J connectivity index is 0.00000181. The highest BCUT2D eigenvalue weighted by molar-refractivity contribution is 5.91. The molecule has 4 saturated carbocycles. The van der Waals surface area contributed by atoms with E-state index in [4.69, 9.17) is 0 Å². The van der Waals surface area contributed by atoms with Gasteiger partial charge in [-0.3, -0.25) is 9.59 Å². The van der Waals surface area contributed by atoms with E-state index in [1.54, 1.807) is 0 Å². The predicted octanol–water partition coefficient (Wildman–Crippen LogP) is 2.97. The number of rotatable bonds is 2. The van der Waals surface area contributed by atoms with Gasteiger partial charge in [0, 0.05) is 31.7 Å². The van der Waals surface area contributed by atoms with Crippen LogP contribution in [0.5, 0.6) is 0 Å². The molecule has 0 aromatic rings. The first kappa shape index (κ1) is 20.1. The molecular weight excluding hydrogens is 386 g/mol. The number of halogens is 1. The third-order valence-corrected chi connectivity index (χ3v) is 9.13. The number of amides is 2. The summed E-state index contributed by atoms with van der Waals surface area (Å²) >= 11 is 0. The minimum absolute atomic E-state index is 0.